The monoisotopic (exact) mass is 536 g/mol. The molecule has 10 nitrogen and oxygen atoms in total. The molecule has 194 valence electrons. The molecule has 2 rings (SSSR count). The maximum absolute atomic E-state index is 12.4. The summed E-state index contributed by atoms with van der Waals surface area (Å²) in [5.41, 5.74) is 0.898. The van der Waals surface area contributed by atoms with Crippen molar-refractivity contribution in [2.24, 2.45) is 0 Å². The Morgan fingerprint density at radius 2 is 1.25 bits per heavy atom. The second-order valence-corrected chi connectivity index (χ2v) is 10.6. The van der Waals surface area contributed by atoms with Gasteiger partial charge in [-0.3, -0.25) is 18.7 Å². The number of carbonyl (C=O) groups is 2. The second-order valence-electron chi connectivity index (χ2n) is 7.84. The van der Waals surface area contributed by atoms with Gasteiger partial charge in [-0.2, -0.15) is 16.8 Å². The molecule has 0 radical (unpaired) electrons. The van der Waals surface area contributed by atoms with Crippen LogP contribution >= 0.6 is 0 Å². The first-order chi connectivity index (χ1) is 16.9. The van der Waals surface area contributed by atoms with E-state index >= 15 is 0 Å². The molecule has 2 aromatic rings. The smallest absolute Gasteiger partial charge is 0.294 e. The van der Waals surface area contributed by atoms with Crippen molar-refractivity contribution in [1.82, 2.24) is 9.80 Å². The van der Waals surface area contributed by atoms with Crippen LogP contribution in [0, 0.1) is 0 Å². The van der Waals surface area contributed by atoms with Crippen molar-refractivity contribution in [3.05, 3.63) is 85.0 Å². The highest BCUT2D eigenvalue weighted by atomic mass is 32.2. The number of nitrogens with zero attached hydrogens (tertiary/aromatic N) is 2. The number of carbonyl (C=O) groups excluding carboxylic acids is 2. The van der Waals surface area contributed by atoms with Gasteiger partial charge in [-0.1, -0.05) is 43.5 Å². The molecule has 2 N–H and O–H groups in total. The van der Waals surface area contributed by atoms with E-state index in [1.807, 2.05) is 0 Å². The van der Waals surface area contributed by atoms with Crippen molar-refractivity contribution in [2.45, 2.75) is 35.7 Å². The molecule has 2 aromatic carbocycles. The molecule has 0 saturated heterocycles. The number of hydrogen-bond acceptors (Lipinski definition) is 6. The number of unbranched alkanes of at least 4 members (excludes halogenated alkanes) is 1. The van der Waals surface area contributed by atoms with Crippen LogP contribution in [0.1, 0.15) is 24.0 Å². The van der Waals surface area contributed by atoms with Crippen LogP contribution in [0.5, 0.6) is 0 Å². The lowest BCUT2D eigenvalue weighted by Gasteiger charge is -2.24. The van der Waals surface area contributed by atoms with Gasteiger partial charge >= 0.3 is 0 Å². The number of rotatable bonds is 13. The number of amides is 2. The van der Waals surface area contributed by atoms with E-state index in [2.05, 4.69) is 13.2 Å². The highest BCUT2D eigenvalue weighted by molar-refractivity contribution is 7.86. The van der Waals surface area contributed by atoms with Crippen molar-refractivity contribution in [1.29, 1.82) is 0 Å². The molecule has 0 bridgehead atoms. The average molecular weight is 537 g/mol. The zero-order chi connectivity index (χ0) is 26.9. The van der Waals surface area contributed by atoms with Crippen LogP contribution in [-0.2, 0) is 42.9 Å². The van der Waals surface area contributed by atoms with Crippen LogP contribution in [0.25, 0.3) is 0 Å². The first kappa shape index (κ1) is 28.9. The van der Waals surface area contributed by atoms with Crippen LogP contribution in [0.15, 0.2) is 83.6 Å². The van der Waals surface area contributed by atoms with Gasteiger partial charge in [-0.05, 0) is 54.3 Å². The van der Waals surface area contributed by atoms with E-state index < -0.39 is 26.1 Å². The maximum Gasteiger partial charge on any atom is 0.294 e. The van der Waals surface area contributed by atoms with E-state index in [9.17, 15) is 31.0 Å². The Bertz CT molecular complexity index is 1320. The third-order valence-corrected chi connectivity index (χ3v) is 7.11. The average Bonchev–Trinajstić information content (AvgIpc) is 2.83. The van der Waals surface area contributed by atoms with Crippen molar-refractivity contribution in [3.63, 3.8) is 0 Å². The lowest BCUT2D eigenvalue weighted by molar-refractivity contribution is -0.128. The molecule has 0 spiro atoms. The minimum absolute atomic E-state index is 0.0593. The molecule has 36 heavy (non-hydrogen) atoms. The Kier molecular flexibility index (Phi) is 10.1. The molecule has 0 aliphatic heterocycles. The standard InChI is InChI=1S/C24H28N2O8S2/c1-3-23(27)25(17-19-11-13-21(14-12-19)35(29,30)31)15-7-8-16-26(24(28)4-2)18-20-9-5-6-10-22(20)36(32,33)34/h3-6,9-14H,1-2,7-8,15-18H2,(H,29,30,31)(H,32,33,34). The van der Waals surface area contributed by atoms with Crippen LogP contribution in [-0.4, -0.2) is 60.6 Å². The minimum Gasteiger partial charge on any atom is -0.335 e. The van der Waals surface area contributed by atoms with Gasteiger partial charge in [0.25, 0.3) is 20.2 Å². The van der Waals surface area contributed by atoms with Crippen LogP contribution in [0.2, 0.25) is 0 Å². The summed E-state index contributed by atoms with van der Waals surface area (Å²) in [5, 5.41) is 0. The van der Waals surface area contributed by atoms with Gasteiger partial charge in [0.1, 0.15) is 0 Å². The Balaban J connectivity index is 2.05. The summed E-state index contributed by atoms with van der Waals surface area (Å²) in [6.45, 7) is 7.64. The van der Waals surface area contributed by atoms with Gasteiger partial charge in [-0.15, -0.1) is 0 Å². The van der Waals surface area contributed by atoms with Crippen molar-refractivity contribution >= 4 is 32.1 Å². The van der Waals surface area contributed by atoms with Crippen LogP contribution < -0.4 is 0 Å². The number of hydrogen-bond donors (Lipinski definition) is 2. The molecule has 12 heteroatoms. The molecule has 0 aliphatic rings. The Morgan fingerprint density at radius 3 is 1.72 bits per heavy atom. The lowest BCUT2D eigenvalue weighted by atomic mass is 10.1. The Morgan fingerprint density at radius 1 is 0.750 bits per heavy atom. The summed E-state index contributed by atoms with van der Waals surface area (Å²) in [5.74, 6) is -0.756. The zero-order valence-corrected chi connectivity index (χ0v) is 21.1. The molecular formula is C24H28N2O8S2. The fourth-order valence-corrected chi connectivity index (χ4v) is 4.67. The van der Waals surface area contributed by atoms with Gasteiger partial charge in [0.2, 0.25) is 11.8 Å². The fraction of sp³-hybridized carbons (Fsp3) is 0.250. The first-order valence-corrected chi connectivity index (χ1v) is 13.7. The van der Waals surface area contributed by atoms with Crippen molar-refractivity contribution in [3.8, 4) is 0 Å². The van der Waals surface area contributed by atoms with E-state index in [0.717, 1.165) is 12.2 Å². The normalized spacial score (nSPS) is 11.5. The van der Waals surface area contributed by atoms with E-state index in [-0.39, 0.29) is 40.9 Å². The van der Waals surface area contributed by atoms with Crippen LogP contribution in [0.4, 0.5) is 0 Å². The first-order valence-electron chi connectivity index (χ1n) is 10.8. The Hall–Kier alpha value is -3.32. The zero-order valence-electron chi connectivity index (χ0n) is 19.5. The van der Waals surface area contributed by atoms with Gasteiger partial charge in [0.15, 0.2) is 0 Å². The summed E-state index contributed by atoms with van der Waals surface area (Å²) in [4.78, 5) is 27.0. The molecular weight excluding hydrogens is 508 g/mol. The topological polar surface area (TPSA) is 149 Å². The molecule has 0 aliphatic carbocycles. The number of benzene rings is 2. The summed E-state index contributed by atoms with van der Waals surface area (Å²) in [7, 11) is -8.79. The van der Waals surface area contributed by atoms with Crippen LogP contribution in [0.3, 0.4) is 0 Å². The van der Waals surface area contributed by atoms with E-state index in [0.29, 0.717) is 24.9 Å². The van der Waals surface area contributed by atoms with Gasteiger partial charge in [-0.25, -0.2) is 0 Å². The summed E-state index contributed by atoms with van der Waals surface area (Å²) >= 11 is 0. The molecule has 0 saturated carbocycles. The van der Waals surface area contributed by atoms with E-state index in [1.54, 1.807) is 6.07 Å². The van der Waals surface area contributed by atoms with Gasteiger partial charge < -0.3 is 9.80 Å². The third kappa shape index (κ3) is 8.41. The van der Waals surface area contributed by atoms with E-state index in [4.69, 9.17) is 4.55 Å². The fourth-order valence-electron chi connectivity index (χ4n) is 3.48. The molecule has 2 amide bonds. The Labute approximate surface area is 211 Å². The predicted molar refractivity (Wildman–Crippen MR) is 133 cm³/mol. The molecule has 0 heterocycles. The van der Waals surface area contributed by atoms with E-state index in [1.165, 1.54) is 52.3 Å². The molecule has 0 unspecified atom stereocenters. The molecule has 0 aromatic heterocycles. The molecule has 0 fully saturated rings. The van der Waals surface area contributed by atoms with Gasteiger partial charge in [0, 0.05) is 26.2 Å². The summed E-state index contributed by atoms with van der Waals surface area (Å²) in [6, 6.07) is 11.3. The summed E-state index contributed by atoms with van der Waals surface area (Å²) in [6.07, 6.45) is 3.23. The SMILES string of the molecule is C=CC(=O)N(CCCCN(Cc1ccccc1S(=O)(=O)O)C(=O)C=C)Cc1ccc(S(=O)(=O)O)cc1. The largest absolute Gasteiger partial charge is 0.335 e. The van der Waals surface area contributed by atoms with Gasteiger partial charge in [0.05, 0.1) is 9.79 Å². The highest BCUT2D eigenvalue weighted by Crippen LogP contribution is 2.18. The van der Waals surface area contributed by atoms with Crippen molar-refractivity contribution in [2.75, 3.05) is 13.1 Å². The highest BCUT2D eigenvalue weighted by Gasteiger charge is 2.19. The third-order valence-electron chi connectivity index (χ3n) is 5.29. The minimum atomic E-state index is -4.47. The molecule has 0 atom stereocenters. The summed E-state index contributed by atoms with van der Waals surface area (Å²) < 4.78 is 64.3. The van der Waals surface area contributed by atoms with Crippen molar-refractivity contribution < 1.29 is 35.5 Å². The lowest BCUT2D eigenvalue weighted by Crippen LogP contribution is -2.32. The predicted octanol–water partition coefficient (Wildman–Crippen LogP) is 2.69. The maximum atomic E-state index is 12.4. The second kappa shape index (κ2) is 12.6. The quantitative estimate of drug-likeness (QED) is 0.225.